The van der Waals surface area contributed by atoms with Gasteiger partial charge in [0.15, 0.2) is 0 Å². The van der Waals surface area contributed by atoms with E-state index < -0.39 is 0 Å². The Kier molecular flexibility index (Phi) is 2.81. The highest BCUT2D eigenvalue weighted by molar-refractivity contribution is 5.18. The first-order chi connectivity index (χ1) is 6.90. The summed E-state index contributed by atoms with van der Waals surface area (Å²) in [6, 6.07) is 12.3. The van der Waals surface area contributed by atoms with Crippen molar-refractivity contribution >= 4 is 0 Å². The maximum Gasteiger partial charge on any atom is 0.144 e. The molecule has 0 radical (unpaired) electrons. The molecule has 2 atom stereocenters. The summed E-state index contributed by atoms with van der Waals surface area (Å²) in [7, 11) is 0. The van der Waals surface area contributed by atoms with Crippen molar-refractivity contribution in [2.24, 2.45) is 0 Å². The first-order valence-electron chi connectivity index (χ1n) is 5.00. The molecule has 2 rings (SSSR count). The van der Waals surface area contributed by atoms with Gasteiger partial charge in [-0.1, -0.05) is 30.3 Å². The summed E-state index contributed by atoms with van der Waals surface area (Å²) in [5.41, 5.74) is 1.19. The molecule has 1 saturated heterocycles. The van der Waals surface area contributed by atoms with E-state index in [4.69, 9.17) is 10.00 Å². The molecule has 0 amide bonds. The van der Waals surface area contributed by atoms with Gasteiger partial charge in [0.1, 0.15) is 6.10 Å². The summed E-state index contributed by atoms with van der Waals surface area (Å²) in [6.45, 7) is 0. The zero-order valence-corrected chi connectivity index (χ0v) is 8.02. The number of benzene rings is 1. The predicted molar refractivity (Wildman–Crippen MR) is 53.5 cm³/mol. The van der Waals surface area contributed by atoms with E-state index in [0.29, 0.717) is 0 Å². The SMILES string of the molecule is N#C[C@H]1CCCC(c2ccccc2)O1. The highest BCUT2D eigenvalue weighted by Crippen LogP contribution is 2.30. The number of nitrogens with zero attached hydrogens (tertiary/aromatic N) is 1. The fourth-order valence-electron chi connectivity index (χ4n) is 1.83. The molecule has 1 heterocycles. The summed E-state index contributed by atoms with van der Waals surface area (Å²) < 4.78 is 5.66. The molecule has 0 aromatic heterocycles. The van der Waals surface area contributed by atoms with Gasteiger partial charge in [0.25, 0.3) is 0 Å². The largest absolute Gasteiger partial charge is 0.355 e. The number of hydrogen-bond acceptors (Lipinski definition) is 2. The molecule has 1 fully saturated rings. The van der Waals surface area contributed by atoms with Gasteiger partial charge in [-0.05, 0) is 24.8 Å². The fraction of sp³-hybridized carbons (Fsp3) is 0.417. The molecule has 1 aliphatic heterocycles. The van der Waals surface area contributed by atoms with Crippen molar-refractivity contribution in [3.8, 4) is 6.07 Å². The Bertz CT molecular complexity index is 328. The Labute approximate surface area is 84.1 Å². The van der Waals surface area contributed by atoms with Crippen LogP contribution >= 0.6 is 0 Å². The summed E-state index contributed by atoms with van der Waals surface area (Å²) >= 11 is 0. The van der Waals surface area contributed by atoms with Crippen LogP contribution in [0.25, 0.3) is 0 Å². The van der Waals surface area contributed by atoms with Crippen molar-refractivity contribution in [2.45, 2.75) is 31.5 Å². The Morgan fingerprint density at radius 3 is 2.71 bits per heavy atom. The van der Waals surface area contributed by atoms with Crippen molar-refractivity contribution in [3.63, 3.8) is 0 Å². The zero-order valence-electron chi connectivity index (χ0n) is 8.02. The van der Waals surface area contributed by atoms with Gasteiger partial charge in [0.05, 0.1) is 12.2 Å². The second kappa shape index (κ2) is 4.26. The highest BCUT2D eigenvalue weighted by Gasteiger charge is 2.22. The van der Waals surface area contributed by atoms with E-state index in [2.05, 4.69) is 18.2 Å². The van der Waals surface area contributed by atoms with E-state index in [1.165, 1.54) is 5.56 Å². The van der Waals surface area contributed by atoms with Crippen molar-refractivity contribution in [3.05, 3.63) is 35.9 Å². The topological polar surface area (TPSA) is 33.0 Å². The van der Waals surface area contributed by atoms with Crippen molar-refractivity contribution in [1.29, 1.82) is 5.26 Å². The number of nitriles is 1. The van der Waals surface area contributed by atoms with Gasteiger partial charge in [-0.15, -0.1) is 0 Å². The van der Waals surface area contributed by atoms with Gasteiger partial charge in [-0.25, -0.2) is 0 Å². The van der Waals surface area contributed by atoms with Crippen LogP contribution in [0.5, 0.6) is 0 Å². The maximum absolute atomic E-state index is 8.78. The molecule has 2 nitrogen and oxygen atoms in total. The zero-order chi connectivity index (χ0) is 9.80. The molecule has 1 unspecified atom stereocenters. The Hall–Kier alpha value is -1.33. The van der Waals surface area contributed by atoms with Crippen LogP contribution in [0.1, 0.15) is 30.9 Å². The standard InChI is InChI=1S/C12H13NO/c13-9-11-7-4-8-12(14-11)10-5-2-1-3-6-10/h1-3,5-6,11-12H,4,7-8H2/t11-,12?/m1/s1. The van der Waals surface area contributed by atoms with E-state index in [0.717, 1.165) is 19.3 Å². The molecule has 0 saturated carbocycles. The molecular weight excluding hydrogens is 174 g/mol. The minimum Gasteiger partial charge on any atom is -0.355 e. The molecule has 72 valence electrons. The van der Waals surface area contributed by atoms with Gasteiger partial charge in [0, 0.05) is 0 Å². The van der Waals surface area contributed by atoms with Gasteiger partial charge in [-0.3, -0.25) is 0 Å². The fourth-order valence-corrected chi connectivity index (χ4v) is 1.83. The summed E-state index contributed by atoms with van der Waals surface area (Å²) in [4.78, 5) is 0. The van der Waals surface area contributed by atoms with Crippen LogP contribution in [0, 0.1) is 11.3 Å². The molecule has 1 aromatic carbocycles. The molecule has 1 aliphatic rings. The van der Waals surface area contributed by atoms with Gasteiger partial charge in [-0.2, -0.15) is 5.26 Å². The molecule has 14 heavy (non-hydrogen) atoms. The van der Waals surface area contributed by atoms with Crippen molar-refractivity contribution < 1.29 is 4.74 Å². The average molecular weight is 187 g/mol. The quantitative estimate of drug-likeness (QED) is 0.677. The predicted octanol–water partition coefficient (Wildman–Crippen LogP) is 2.82. The molecule has 0 spiro atoms. The lowest BCUT2D eigenvalue weighted by molar-refractivity contribution is -0.0228. The summed E-state index contributed by atoms with van der Waals surface area (Å²) in [5.74, 6) is 0. The smallest absolute Gasteiger partial charge is 0.144 e. The summed E-state index contributed by atoms with van der Waals surface area (Å²) in [5, 5.41) is 8.78. The van der Waals surface area contributed by atoms with Crippen LogP contribution in [0.4, 0.5) is 0 Å². The second-order valence-corrected chi connectivity index (χ2v) is 3.58. The normalized spacial score (nSPS) is 26.8. The van der Waals surface area contributed by atoms with Crippen LogP contribution in [0.2, 0.25) is 0 Å². The molecular formula is C12H13NO. The van der Waals surface area contributed by atoms with E-state index in [-0.39, 0.29) is 12.2 Å². The van der Waals surface area contributed by atoms with Crippen LogP contribution < -0.4 is 0 Å². The highest BCUT2D eigenvalue weighted by atomic mass is 16.5. The van der Waals surface area contributed by atoms with Crippen LogP contribution in [0.3, 0.4) is 0 Å². The first kappa shape index (κ1) is 9.23. The minimum absolute atomic E-state index is 0.120. The second-order valence-electron chi connectivity index (χ2n) is 3.58. The Balaban J connectivity index is 2.09. The monoisotopic (exact) mass is 187 g/mol. The van der Waals surface area contributed by atoms with Gasteiger partial charge < -0.3 is 4.74 Å². The molecule has 1 aromatic rings. The van der Waals surface area contributed by atoms with E-state index in [1.807, 2.05) is 18.2 Å². The van der Waals surface area contributed by atoms with Crippen LogP contribution in [-0.4, -0.2) is 6.10 Å². The van der Waals surface area contributed by atoms with Crippen LogP contribution in [0.15, 0.2) is 30.3 Å². The third-order valence-electron chi connectivity index (χ3n) is 2.58. The Morgan fingerprint density at radius 2 is 2.00 bits per heavy atom. The van der Waals surface area contributed by atoms with Crippen molar-refractivity contribution in [2.75, 3.05) is 0 Å². The lowest BCUT2D eigenvalue weighted by atomic mass is 9.99. The molecule has 0 bridgehead atoms. The van der Waals surface area contributed by atoms with Gasteiger partial charge >= 0.3 is 0 Å². The summed E-state index contributed by atoms with van der Waals surface area (Å²) in [6.07, 6.45) is 2.89. The minimum atomic E-state index is -0.214. The van der Waals surface area contributed by atoms with E-state index >= 15 is 0 Å². The lowest BCUT2D eigenvalue weighted by Crippen LogP contribution is -2.20. The number of ether oxygens (including phenoxy) is 1. The van der Waals surface area contributed by atoms with E-state index in [9.17, 15) is 0 Å². The lowest BCUT2D eigenvalue weighted by Gasteiger charge is -2.26. The first-order valence-corrected chi connectivity index (χ1v) is 5.00. The third-order valence-corrected chi connectivity index (χ3v) is 2.58. The Morgan fingerprint density at radius 1 is 1.21 bits per heavy atom. The van der Waals surface area contributed by atoms with Crippen molar-refractivity contribution in [1.82, 2.24) is 0 Å². The van der Waals surface area contributed by atoms with Crippen LogP contribution in [-0.2, 0) is 4.74 Å². The van der Waals surface area contributed by atoms with E-state index in [1.54, 1.807) is 0 Å². The maximum atomic E-state index is 8.78. The third kappa shape index (κ3) is 1.94. The average Bonchev–Trinajstić information content (AvgIpc) is 2.30. The molecule has 0 aliphatic carbocycles. The number of hydrogen-bond donors (Lipinski definition) is 0. The molecule has 0 N–H and O–H groups in total. The van der Waals surface area contributed by atoms with Gasteiger partial charge in [0.2, 0.25) is 0 Å². The molecule has 2 heteroatoms. The number of rotatable bonds is 1.